The molecular formula is C8H12O2. The van der Waals surface area contributed by atoms with Gasteiger partial charge in [-0.05, 0) is 12.8 Å². The van der Waals surface area contributed by atoms with Crippen molar-refractivity contribution in [3.8, 4) is 0 Å². The van der Waals surface area contributed by atoms with Gasteiger partial charge < -0.3 is 4.74 Å². The van der Waals surface area contributed by atoms with Crippen LogP contribution in [0.25, 0.3) is 0 Å². The van der Waals surface area contributed by atoms with Gasteiger partial charge in [0.2, 0.25) is 0 Å². The Bertz CT molecular complexity index is 151. The number of hydrogen-bond donors (Lipinski definition) is 0. The highest BCUT2D eigenvalue weighted by Gasteiger charge is 2.38. The Balaban J connectivity index is 2.13. The van der Waals surface area contributed by atoms with Crippen molar-refractivity contribution in [2.24, 2.45) is 5.92 Å². The lowest BCUT2D eigenvalue weighted by Crippen LogP contribution is -2.02. The van der Waals surface area contributed by atoms with Crippen molar-refractivity contribution >= 4 is 5.97 Å². The monoisotopic (exact) mass is 140 g/mol. The van der Waals surface area contributed by atoms with Gasteiger partial charge in [-0.2, -0.15) is 0 Å². The van der Waals surface area contributed by atoms with Gasteiger partial charge in [-0.1, -0.05) is 6.08 Å². The molecule has 2 heteroatoms. The van der Waals surface area contributed by atoms with Crippen LogP contribution in [0.1, 0.15) is 19.8 Å². The molecule has 0 aliphatic heterocycles. The van der Waals surface area contributed by atoms with Gasteiger partial charge in [0.15, 0.2) is 0 Å². The predicted molar refractivity (Wildman–Crippen MR) is 38.5 cm³/mol. The third-order valence-electron chi connectivity index (χ3n) is 1.64. The summed E-state index contributed by atoms with van der Waals surface area (Å²) in [6.45, 7) is 5.06. The van der Waals surface area contributed by atoms with Crippen LogP contribution in [-0.4, -0.2) is 12.1 Å². The summed E-state index contributed by atoms with van der Waals surface area (Å²) < 4.78 is 4.94. The van der Waals surface area contributed by atoms with Gasteiger partial charge in [0, 0.05) is 12.8 Å². The summed E-state index contributed by atoms with van der Waals surface area (Å²) in [5.41, 5.74) is 0. The van der Waals surface area contributed by atoms with Crippen LogP contribution in [0.4, 0.5) is 0 Å². The summed E-state index contributed by atoms with van der Waals surface area (Å²) in [6.07, 6.45) is 4.05. The summed E-state index contributed by atoms with van der Waals surface area (Å²) in [7, 11) is 0. The highest BCUT2D eigenvalue weighted by atomic mass is 16.5. The molecule has 10 heavy (non-hydrogen) atoms. The molecule has 0 heterocycles. The molecule has 1 rings (SSSR count). The predicted octanol–water partition coefficient (Wildman–Crippen LogP) is 1.51. The van der Waals surface area contributed by atoms with Crippen LogP contribution >= 0.6 is 0 Å². The smallest absolute Gasteiger partial charge is 0.302 e. The number of ether oxygens (including phenoxy) is 1. The zero-order chi connectivity index (χ0) is 7.56. The van der Waals surface area contributed by atoms with E-state index in [0.29, 0.717) is 5.92 Å². The van der Waals surface area contributed by atoms with Crippen molar-refractivity contribution in [3.63, 3.8) is 0 Å². The maximum atomic E-state index is 10.4. The van der Waals surface area contributed by atoms with Crippen LogP contribution in [0, 0.1) is 5.92 Å². The van der Waals surface area contributed by atoms with E-state index in [-0.39, 0.29) is 12.1 Å². The van der Waals surface area contributed by atoms with Gasteiger partial charge in [-0.15, -0.1) is 6.58 Å². The summed E-state index contributed by atoms with van der Waals surface area (Å²) in [6, 6.07) is 0. The topological polar surface area (TPSA) is 26.3 Å². The van der Waals surface area contributed by atoms with Gasteiger partial charge in [-0.25, -0.2) is 0 Å². The second kappa shape index (κ2) is 2.86. The molecule has 56 valence electrons. The van der Waals surface area contributed by atoms with E-state index < -0.39 is 0 Å². The van der Waals surface area contributed by atoms with Crippen LogP contribution < -0.4 is 0 Å². The van der Waals surface area contributed by atoms with E-state index >= 15 is 0 Å². The molecule has 1 fully saturated rings. The second-order valence-corrected chi connectivity index (χ2v) is 2.67. The van der Waals surface area contributed by atoms with Crippen LogP contribution in [0.5, 0.6) is 0 Å². The number of hydrogen-bond acceptors (Lipinski definition) is 2. The SMILES string of the molecule is C=CC[C@H]1C[C@@H]1OC(C)=O. The molecule has 0 N–H and O–H groups in total. The van der Waals surface area contributed by atoms with Crippen molar-refractivity contribution in [3.05, 3.63) is 12.7 Å². The summed E-state index contributed by atoms with van der Waals surface area (Å²) in [5, 5.41) is 0. The third kappa shape index (κ3) is 1.87. The van der Waals surface area contributed by atoms with Crippen LogP contribution in [0.15, 0.2) is 12.7 Å². The molecule has 0 aromatic carbocycles. The average molecular weight is 140 g/mol. The van der Waals surface area contributed by atoms with E-state index in [1.54, 1.807) is 0 Å². The molecule has 0 saturated heterocycles. The van der Waals surface area contributed by atoms with Gasteiger partial charge >= 0.3 is 5.97 Å². The van der Waals surface area contributed by atoms with Crippen molar-refractivity contribution in [1.29, 1.82) is 0 Å². The Kier molecular flexibility index (Phi) is 2.10. The van der Waals surface area contributed by atoms with E-state index in [9.17, 15) is 4.79 Å². The quantitative estimate of drug-likeness (QED) is 0.439. The maximum Gasteiger partial charge on any atom is 0.302 e. The molecule has 0 bridgehead atoms. The van der Waals surface area contributed by atoms with Crippen LogP contribution in [0.3, 0.4) is 0 Å². The third-order valence-corrected chi connectivity index (χ3v) is 1.64. The Labute approximate surface area is 60.9 Å². The standard InChI is InChI=1S/C8H12O2/c1-3-4-7-5-8(7)10-6(2)9/h3,7-8H,1,4-5H2,2H3/t7-,8-/m0/s1. The fraction of sp³-hybridized carbons (Fsp3) is 0.625. The molecule has 0 aromatic rings. The largest absolute Gasteiger partial charge is 0.462 e. The first kappa shape index (κ1) is 7.32. The van der Waals surface area contributed by atoms with E-state index in [4.69, 9.17) is 4.74 Å². The minimum atomic E-state index is -0.170. The normalized spacial score (nSPS) is 29.3. The van der Waals surface area contributed by atoms with Crippen molar-refractivity contribution in [2.75, 3.05) is 0 Å². The molecule has 0 unspecified atom stereocenters. The zero-order valence-electron chi connectivity index (χ0n) is 6.17. The molecule has 0 radical (unpaired) electrons. The zero-order valence-corrected chi connectivity index (χ0v) is 6.17. The van der Waals surface area contributed by atoms with Crippen LogP contribution in [-0.2, 0) is 9.53 Å². The van der Waals surface area contributed by atoms with Crippen LogP contribution in [0.2, 0.25) is 0 Å². The Morgan fingerprint density at radius 1 is 1.90 bits per heavy atom. The molecule has 1 saturated carbocycles. The van der Waals surface area contributed by atoms with E-state index in [1.165, 1.54) is 6.92 Å². The highest BCUT2D eigenvalue weighted by molar-refractivity contribution is 5.66. The summed E-state index contributed by atoms with van der Waals surface area (Å²) in [5.74, 6) is 0.387. The number of carbonyl (C=O) groups excluding carboxylic acids is 1. The highest BCUT2D eigenvalue weighted by Crippen LogP contribution is 2.36. The first-order valence-electron chi connectivity index (χ1n) is 3.52. The number of allylic oxidation sites excluding steroid dienone is 1. The maximum absolute atomic E-state index is 10.4. The molecule has 0 spiro atoms. The Morgan fingerprint density at radius 2 is 2.60 bits per heavy atom. The van der Waals surface area contributed by atoms with Gasteiger partial charge in [0.25, 0.3) is 0 Å². The van der Waals surface area contributed by atoms with E-state index in [0.717, 1.165) is 12.8 Å². The number of rotatable bonds is 3. The van der Waals surface area contributed by atoms with E-state index in [2.05, 4.69) is 6.58 Å². The van der Waals surface area contributed by atoms with E-state index in [1.807, 2.05) is 6.08 Å². The van der Waals surface area contributed by atoms with Gasteiger partial charge in [0.1, 0.15) is 6.10 Å². The minimum absolute atomic E-state index is 0.170. The lowest BCUT2D eigenvalue weighted by molar-refractivity contribution is -0.142. The first-order chi connectivity index (χ1) is 4.74. The molecule has 1 aliphatic rings. The minimum Gasteiger partial charge on any atom is -0.462 e. The fourth-order valence-corrected chi connectivity index (χ4v) is 1.04. The second-order valence-electron chi connectivity index (χ2n) is 2.67. The number of esters is 1. The summed E-state index contributed by atoms with van der Waals surface area (Å²) >= 11 is 0. The fourth-order valence-electron chi connectivity index (χ4n) is 1.04. The Morgan fingerprint density at radius 3 is 3.10 bits per heavy atom. The molecule has 0 amide bonds. The first-order valence-corrected chi connectivity index (χ1v) is 3.52. The Hall–Kier alpha value is -0.790. The molecule has 1 aliphatic carbocycles. The molecule has 2 nitrogen and oxygen atoms in total. The van der Waals surface area contributed by atoms with Gasteiger partial charge in [0.05, 0.1) is 0 Å². The molecule has 0 aromatic heterocycles. The van der Waals surface area contributed by atoms with Gasteiger partial charge in [-0.3, -0.25) is 4.79 Å². The molecule has 2 atom stereocenters. The number of carbonyl (C=O) groups is 1. The summed E-state index contributed by atoms with van der Waals surface area (Å²) in [4.78, 5) is 10.4. The lowest BCUT2D eigenvalue weighted by atomic mass is 10.3. The average Bonchev–Trinajstić information content (AvgIpc) is 2.47. The lowest BCUT2D eigenvalue weighted by Gasteiger charge is -1.96. The van der Waals surface area contributed by atoms with Crippen molar-refractivity contribution < 1.29 is 9.53 Å². The van der Waals surface area contributed by atoms with Crippen molar-refractivity contribution in [2.45, 2.75) is 25.9 Å². The van der Waals surface area contributed by atoms with Crippen molar-refractivity contribution in [1.82, 2.24) is 0 Å². The molecular weight excluding hydrogens is 128 g/mol.